The van der Waals surface area contributed by atoms with Crippen LogP contribution in [0, 0.1) is 23.7 Å². The summed E-state index contributed by atoms with van der Waals surface area (Å²) in [6.07, 6.45) is 5.37. The number of hydrogen-bond donors (Lipinski definition) is 1. The Bertz CT molecular complexity index is 322. The zero-order valence-electron chi connectivity index (χ0n) is 16.9. The Morgan fingerprint density at radius 2 is 1.46 bits per heavy atom. The van der Waals surface area contributed by atoms with Crippen LogP contribution < -0.4 is 0 Å². The van der Waals surface area contributed by atoms with Crippen LogP contribution in [0.2, 0.25) is 0 Å². The lowest BCUT2D eigenvalue weighted by molar-refractivity contribution is -0.144. The first kappa shape index (κ1) is 25.2. The molecule has 0 saturated heterocycles. The number of esters is 1. The van der Waals surface area contributed by atoms with Crippen molar-refractivity contribution in [1.82, 2.24) is 0 Å². The normalized spacial score (nSPS) is 12.1. The Labute approximate surface area is 149 Å². The van der Waals surface area contributed by atoms with Gasteiger partial charge in [-0.25, -0.2) is 0 Å². The summed E-state index contributed by atoms with van der Waals surface area (Å²) in [5.74, 6) is 0.617. The van der Waals surface area contributed by atoms with Crippen molar-refractivity contribution in [2.45, 2.75) is 87.0 Å². The third-order valence-corrected chi connectivity index (χ3v) is 3.87. The molecule has 1 atom stereocenters. The molecule has 4 nitrogen and oxygen atoms in total. The summed E-state index contributed by atoms with van der Waals surface area (Å²) < 4.78 is 5.02. The number of hydrogen-bond acceptors (Lipinski definition) is 3. The number of carbonyl (C=O) groups excluding carboxylic acids is 1. The molecule has 0 aromatic rings. The van der Waals surface area contributed by atoms with Crippen LogP contribution in [0.25, 0.3) is 0 Å². The lowest BCUT2D eigenvalue weighted by Crippen LogP contribution is -2.20. The quantitative estimate of drug-likeness (QED) is 0.499. The molecule has 24 heavy (non-hydrogen) atoms. The average molecular weight is 345 g/mol. The van der Waals surface area contributed by atoms with E-state index >= 15 is 0 Å². The first-order valence-corrected chi connectivity index (χ1v) is 9.50. The smallest absolute Gasteiger partial charge is 0.306 e. The van der Waals surface area contributed by atoms with Crippen LogP contribution >= 0.6 is 0 Å². The second kappa shape index (κ2) is 15.5. The van der Waals surface area contributed by atoms with E-state index < -0.39 is 5.97 Å². The van der Waals surface area contributed by atoms with Crippen molar-refractivity contribution in [2.75, 3.05) is 6.61 Å². The topological polar surface area (TPSA) is 63.6 Å². The molecule has 0 bridgehead atoms. The van der Waals surface area contributed by atoms with Crippen LogP contribution in [0.5, 0.6) is 0 Å². The predicted octanol–water partition coefficient (Wildman–Crippen LogP) is 5.55. The SMILES string of the molecule is CC(C)CCC(C(=O)O)C(C)C.CCCCC(=O)OCCC(C)C. The van der Waals surface area contributed by atoms with Gasteiger partial charge in [-0.15, -0.1) is 0 Å². The Kier molecular flexibility index (Phi) is 16.2. The Morgan fingerprint density at radius 1 is 0.917 bits per heavy atom. The lowest BCUT2D eigenvalue weighted by Gasteiger charge is -2.16. The molecule has 0 fully saturated rings. The van der Waals surface area contributed by atoms with Gasteiger partial charge in [-0.3, -0.25) is 9.59 Å². The maximum Gasteiger partial charge on any atom is 0.306 e. The number of unbranched alkanes of at least 4 members (excludes halogenated alkanes) is 1. The molecule has 0 aliphatic rings. The predicted molar refractivity (Wildman–Crippen MR) is 100.0 cm³/mol. The number of rotatable bonds is 11. The van der Waals surface area contributed by atoms with Gasteiger partial charge in [0.25, 0.3) is 0 Å². The number of carbonyl (C=O) groups is 2. The number of carboxylic acids is 1. The van der Waals surface area contributed by atoms with Crippen LogP contribution in [0.4, 0.5) is 0 Å². The van der Waals surface area contributed by atoms with Crippen molar-refractivity contribution in [3.63, 3.8) is 0 Å². The summed E-state index contributed by atoms with van der Waals surface area (Å²) in [7, 11) is 0. The third-order valence-electron chi connectivity index (χ3n) is 3.87. The van der Waals surface area contributed by atoms with E-state index in [0.29, 0.717) is 24.9 Å². The molecule has 0 saturated carbocycles. The van der Waals surface area contributed by atoms with Crippen molar-refractivity contribution in [3.8, 4) is 0 Å². The van der Waals surface area contributed by atoms with E-state index in [1.165, 1.54) is 0 Å². The van der Waals surface area contributed by atoms with Crippen LogP contribution in [0.1, 0.15) is 87.0 Å². The molecular formula is C20H40O4. The largest absolute Gasteiger partial charge is 0.481 e. The number of ether oxygens (including phenoxy) is 1. The van der Waals surface area contributed by atoms with Crippen LogP contribution in [-0.2, 0) is 14.3 Å². The third kappa shape index (κ3) is 17.3. The number of carboxylic acid groups (broad SMARTS) is 1. The maximum absolute atomic E-state index is 11.0. The second-order valence-corrected chi connectivity index (χ2v) is 7.67. The van der Waals surface area contributed by atoms with E-state index in [-0.39, 0.29) is 17.8 Å². The molecule has 0 spiro atoms. The first-order chi connectivity index (χ1) is 11.1. The molecule has 144 valence electrons. The fourth-order valence-electron chi connectivity index (χ4n) is 2.06. The van der Waals surface area contributed by atoms with Crippen molar-refractivity contribution in [2.24, 2.45) is 23.7 Å². The molecule has 4 heteroatoms. The van der Waals surface area contributed by atoms with Gasteiger partial charge in [-0.05, 0) is 37.0 Å². The van der Waals surface area contributed by atoms with E-state index in [4.69, 9.17) is 9.84 Å². The van der Waals surface area contributed by atoms with Gasteiger partial charge in [-0.1, -0.05) is 61.3 Å². The van der Waals surface area contributed by atoms with Crippen molar-refractivity contribution in [1.29, 1.82) is 0 Å². The minimum absolute atomic E-state index is 0.0440. The lowest BCUT2D eigenvalue weighted by atomic mass is 9.89. The Morgan fingerprint density at radius 3 is 1.83 bits per heavy atom. The zero-order chi connectivity index (χ0) is 19.1. The Balaban J connectivity index is 0. The molecule has 1 N–H and O–H groups in total. The minimum Gasteiger partial charge on any atom is -0.481 e. The van der Waals surface area contributed by atoms with Gasteiger partial charge in [0.1, 0.15) is 0 Å². The highest BCUT2D eigenvalue weighted by molar-refractivity contribution is 5.70. The standard InChI is InChI=1S/2C10H20O2/c1-7(2)5-6-9(8(3)4)10(11)12;1-4-5-6-10(11)12-8-7-9(2)3/h7-9H,5-6H2,1-4H3,(H,11,12);9H,4-8H2,1-3H3. The number of aliphatic carboxylic acids is 1. The van der Waals surface area contributed by atoms with E-state index in [1.807, 2.05) is 13.8 Å². The van der Waals surface area contributed by atoms with E-state index in [1.54, 1.807) is 0 Å². The zero-order valence-corrected chi connectivity index (χ0v) is 16.9. The molecule has 0 aromatic heterocycles. The van der Waals surface area contributed by atoms with Gasteiger partial charge in [0.15, 0.2) is 0 Å². The van der Waals surface area contributed by atoms with E-state index in [0.717, 1.165) is 32.1 Å². The van der Waals surface area contributed by atoms with Gasteiger partial charge in [0.05, 0.1) is 12.5 Å². The van der Waals surface area contributed by atoms with Gasteiger partial charge < -0.3 is 9.84 Å². The summed E-state index contributed by atoms with van der Waals surface area (Å²) in [6, 6.07) is 0. The summed E-state index contributed by atoms with van der Waals surface area (Å²) >= 11 is 0. The second-order valence-electron chi connectivity index (χ2n) is 7.67. The van der Waals surface area contributed by atoms with Crippen LogP contribution in [0.3, 0.4) is 0 Å². The van der Waals surface area contributed by atoms with Gasteiger partial charge in [0, 0.05) is 6.42 Å². The molecule has 1 unspecified atom stereocenters. The van der Waals surface area contributed by atoms with Crippen molar-refractivity contribution in [3.05, 3.63) is 0 Å². The highest BCUT2D eigenvalue weighted by Crippen LogP contribution is 2.19. The molecule has 0 aliphatic heterocycles. The maximum atomic E-state index is 11.0. The molecule has 0 amide bonds. The van der Waals surface area contributed by atoms with Crippen LogP contribution in [-0.4, -0.2) is 23.7 Å². The van der Waals surface area contributed by atoms with Crippen molar-refractivity contribution < 1.29 is 19.4 Å². The van der Waals surface area contributed by atoms with Crippen molar-refractivity contribution >= 4 is 11.9 Å². The molecule has 0 rings (SSSR count). The Hall–Kier alpha value is -1.06. The van der Waals surface area contributed by atoms with Crippen LogP contribution in [0.15, 0.2) is 0 Å². The molecule has 0 radical (unpaired) electrons. The fraction of sp³-hybridized carbons (Fsp3) is 0.900. The fourth-order valence-corrected chi connectivity index (χ4v) is 2.06. The molecule has 0 heterocycles. The highest BCUT2D eigenvalue weighted by Gasteiger charge is 2.20. The van der Waals surface area contributed by atoms with Gasteiger partial charge in [0.2, 0.25) is 0 Å². The highest BCUT2D eigenvalue weighted by atomic mass is 16.5. The summed E-state index contributed by atoms with van der Waals surface area (Å²) in [6.45, 7) is 15.1. The minimum atomic E-state index is -0.648. The van der Waals surface area contributed by atoms with E-state index in [9.17, 15) is 9.59 Å². The average Bonchev–Trinajstić information content (AvgIpc) is 2.44. The van der Waals surface area contributed by atoms with E-state index in [2.05, 4.69) is 34.6 Å². The summed E-state index contributed by atoms with van der Waals surface area (Å²) in [4.78, 5) is 21.7. The molecule has 0 aliphatic carbocycles. The molecular weight excluding hydrogens is 304 g/mol. The summed E-state index contributed by atoms with van der Waals surface area (Å²) in [5.41, 5.74) is 0. The first-order valence-electron chi connectivity index (χ1n) is 9.50. The molecule has 0 aromatic carbocycles. The van der Waals surface area contributed by atoms with Gasteiger partial charge in [-0.2, -0.15) is 0 Å². The summed E-state index contributed by atoms with van der Waals surface area (Å²) in [5, 5.41) is 8.86. The van der Waals surface area contributed by atoms with Gasteiger partial charge >= 0.3 is 11.9 Å². The monoisotopic (exact) mass is 344 g/mol.